The van der Waals surface area contributed by atoms with Crippen LogP contribution < -0.4 is 0 Å². The van der Waals surface area contributed by atoms with Gasteiger partial charge in [0.2, 0.25) is 0 Å². The Labute approximate surface area is 98.3 Å². The Kier molecular flexibility index (Phi) is 4.53. The highest BCUT2D eigenvalue weighted by molar-refractivity contribution is 5.94. The molecule has 0 aliphatic carbocycles. The molecule has 1 aromatic rings. The van der Waals surface area contributed by atoms with Crippen LogP contribution in [0.5, 0.6) is 0 Å². The van der Waals surface area contributed by atoms with Crippen LogP contribution in [0.25, 0.3) is 0 Å². The second-order valence-electron chi connectivity index (χ2n) is 4.18. The van der Waals surface area contributed by atoms with Crippen molar-refractivity contribution in [1.82, 2.24) is 4.90 Å². The van der Waals surface area contributed by atoms with Crippen molar-refractivity contribution in [2.75, 3.05) is 13.1 Å². The lowest BCUT2D eigenvalue weighted by molar-refractivity contribution is 0.0764. The lowest BCUT2D eigenvalue weighted by atomic mass is 10.1. The minimum atomic E-state index is 0.146. The molecule has 0 heterocycles. The molecule has 0 fully saturated rings. The van der Waals surface area contributed by atoms with Crippen LogP contribution in [-0.4, -0.2) is 23.9 Å². The molecule has 1 aromatic carbocycles. The minimum absolute atomic E-state index is 0.146. The topological polar surface area (TPSA) is 20.3 Å². The summed E-state index contributed by atoms with van der Waals surface area (Å²) in [6, 6.07) is 5.92. The van der Waals surface area contributed by atoms with Crippen molar-refractivity contribution >= 4 is 5.91 Å². The van der Waals surface area contributed by atoms with E-state index in [0.717, 1.165) is 25.1 Å². The fourth-order valence-corrected chi connectivity index (χ4v) is 1.73. The molecule has 16 heavy (non-hydrogen) atoms. The van der Waals surface area contributed by atoms with Crippen molar-refractivity contribution in [3.8, 4) is 0 Å². The Bertz CT molecular complexity index is 371. The highest BCUT2D eigenvalue weighted by Gasteiger charge is 2.13. The number of benzene rings is 1. The van der Waals surface area contributed by atoms with Crippen LogP contribution in [0.4, 0.5) is 0 Å². The molecule has 1 amide bonds. The van der Waals surface area contributed by atoms with Crippen molar-refractivity contribution in [1.29, 1.82) is 0 Å². The van der Waals surface area contributed by atoms with Crippen LogP contribution in [0, 0.1) is 13.8 Å². The van der Waals surface area contributed by atoms with E-state index in [9.17, 15) is 4.79 Å². The van der Waals surface area contributed by atoms with E-state index in [4.69, 9.17) is 0 Å². The Morgan fingerprint density at radius 2 is 1.88 bits per heavy atom. The average Bonchev–Trinajstić information content (AvgIpc) is 2.28. The quantitative estimate of drug-likeness (QED) is 0.761. The maximum atomic E-state index is 12.2. The predicted molar refractivity (Wildman–Crippen MR) is 67.8 cm³/mol. The van der Waals surface area contributed by atoms with Crippen LogP contribution >= 0.6 is 0 Å². The van der Waals surface area contributed by atoms with Crippen LogP contribution in [0.1, 0.15) is 41.8 Å². The molecule has 88 valence electrons. The summed E-state index contributed by atoms with van der Waals surface area (Å²) in [7, 11) is 0. The van der Waals surface area contributed by atoms with E-state index < -0.39 is 0 Å². The predicted octanol–water partition coefficient (Wildman–Crippen LogP) is 3.18. The lowest BCUT2D eigenvalue weighted by Gasteiger charge is -2.20. The van der Waals surface area contributed by atoms with Crippen molar-refractivity contribution in [2.45, 2.75) is 34.1 Å². The van der Waals surface area contributed by atoms with E-state index in [1.54, 1.807) is 0 Å². The summed E-state index contributed by atoms with van der Waals surface area (Å²) in [5, 5.41) is 0. The standard InChI is InChI=1S/C14H21NO/c1-5-9-15(6-2)14(16)13-8-7-11(3)12(4)10-13/h7-8,10H,5-6,9H2,1-4H3. The Hall–Kier alpha value is -1.31. The van der Waals surface area contributed by atoms with E-state index in [0.29, 0.717) is 0 Å². The van der Waals surface area contributed by atoms with Gasteiger partial charge >= 0.3 is 0 Å². The van der Waals surface area contributed by atoms with E-state index in [-0.39, 0.29) is 5.91 Å². The van der Waals surface area contributed by atoms with Gasteiger partial charge in [-0.25, -0.2) is 0 Å². The maximum Gasteiger partial charge on any atom is 0.253 e. The first kappa shape index (κ1) is 12.8. The number of aryl methyl sites for hydroxylation is 2. The second kappa shape index (κ2) is 5.69. The number of rotatable bonds is 4. The number of hydrogen-bond donors (Lipinski definition) is 0. The second-order valence-corrected chi connectivity index (χ2v) is 4.18. The fraction of sp³-hybridized carbons (Fsp3) is 0.500. The number of carbonyl (C=O) groups excluding carboxylic acids is 1. The highest BCUT2D eigenvalue weighted by Crippen LogP contribution is 2.12. The largest absolute Gasteiger partial charge is 0.339 e. The molecule has 0 atom stereocenters. The number of amides is 1. The summed E-state index contributed by atoms with van der Waals surface area (Å²) in [6.07, 6.45) is 1.00. The first-order valence-electron chi connectivity index (χ1n) is 5.96. The molecule has 0 N–H and O–H groups in total. The summed E-state index contributed by atoms with van der Waals surface area (Å²) in [5.41, 5.74) is 3.21. The monoisotopic (exact) mass is 219 g/mol. The van der Waals surface area contributed by atoms with Gasteiger partial charge in [0.1, 0.15) is 0 Å². The summed E-state index contributed by atoms with van der Waals surface area (Å²) < 4.78 is 0. The van der Waals surface area contributed by atoms with E-state index in [1.165, 1.54) is 11.1 Å². The van der Waals surface area contributed by atoms with Crippen LogP contribution in [0.3, 0.4) is 0 Å². The van der Waals surface area contributed by atoms with Crippen LogP contribution in [0.2, 0.25) is 0 Å². The van der Waals surface area contributed by atoms with Gasteiger partial charge in [-0.3, -0.25) is 4.79 Å². The van der Waals surface area contributed by atoms with Gasteiger partial charge in [-0.1, -0.05) is 13.0 Å². The van der Waals surface area contributed by atoms with Gasteiger partial charge in [0.25, 0.3) is 5.91 Å². The summed E-state index contributed by atoms with van der Waals surface area (Å²) >= 11 is 0. The first-order valence-corrected chi connectivity index (χ1v) is 5.96. The number of hydrogen-bond acceptors (Lipinski definition) is 1. The van der Waals surface area contributed by atoms with Crippen molar-refractivity contribution < 1.29 is 4.79 Å². The molecule has 0 aliphatic heterocycles. The van der Waals surface area contributed by atoms with Gasteiger partial charge in [0, 0.05) is 18.7 Å². The highest BCUT2D eigenvalue weighted by atomic mass is 16.2. The Balaban J connectivity index is 2.90. The molecule has 0 aliphatic rings. The Morgan fingerprint density at radius 3 is 2.38 bits per heavy atom. The molecule has 0 aromatic heterocycles. The zero-order valence-corrected chi connectivity index (χ0v) is 10.7. The molecule has 0 unspecified atom stereocenters. The molecule has 0 radical (unpaired) electrons. The zero-order chi connectivity index (χ0) is 12.1. The smallest absolute Gasteiger partial charge is 0.253 e. The lowest BCUT2D eigenvalue weighted by Crippen LogP contribution is -2.31. The van der Waals surface area contributed by atoms with Crippen molar-refractivity contribution in [3.05, 3.63) is 34.9 Å². The normalized spacial score (nSPS) is 10.2. The molecule has 0 saturated heterocycles. The third-order valence-corrected chi connectivity index (χ3v) is 2.92. The number of carbonyl (C=O) groups is 1. The molecule has 0 saturated carbocycles. The van der Waals surface area contributed by atoms with E-state index in [2.05, 4.69) is 13.8 Å². The first-order chi connectivity index (χ1) is 7.60. The molecule has 2 nitrogen and oxygen atoms in total. The third kappa shape index (κ3) is 2.84. The molecular formula is C14H21NO. The summed E-state index contributed by atoms with van der Waals surface area (Å²) in [4.78, 5) is 14.0. The van der Waals surface area contributed by atoms with Gasteiger partial charge < -0.3 is 4.90 Å². The van der Waals surface area contributed by atoms with Crippen molar-refractivity contribution in [3.63, 3.8) is 0 Å². The van der Waals surface area contributed by atoms with Gasteiger partial charge in [0.15, 0.2) is 0 Å². The van der Waals surface area contributed by atoms with Gasteiger partial charge in [0.05, 0.1) is 0 Å². The van der Waals surface area contributed by atoms with E-state index >= 15 is 0 Å². The van der Waals surface area contributed by atoms with Crippen LogP contribution in [0.15, 0.2) is 18.2 Å². The molecule has 1 rings (SSSR count). The zero-order valence-electron chi connectivity index (χ0n) is 10.7. The Morgan fingerprint density at radius 1 is 1.19 bits per heavy atom. The molecule has 2 heteroatoms. The minimum Gasteiger partial charge on any atom is -0.339 e. The SMILES string of the molecule is CCCN(CC)C(=O)c1ccc(C)c(C)c1. The van der Waals surface area contributed by atoms with Gasteiger partial charge in [-0.05, 0) is 50.5 Å². The summed E-state index contributed by atoms with van der Waals surface area (Å²) in [5.74, 6) is 0.146. The van der Waals surface area contributed by atoms with Gasteiger partial charge in [-0.2, -0.15) is 0 Å². The third-order valence-electron chi connectivity index (χ3n) is 2.92. The maximum absolute atomic E-state index is 12.2. The summed E-state index contributed by atoms with van der Waals surface area (Å²) in [6.45, 7) is 9.84. The van der Waals surface area contributed by atoms with Crippen molar-refractivity contribution in [2.24, 2.45) is 0 Å². The average molecular weight is 219 g/mol. The number of nitrogens with zero attached hydrogens (tertiary/aromatic N) is 1. The van der Waals surface area contributed by atoms with Gasteiger partial charge in [-0.15, -0.1) is 0 Å². The van der Waals surface area contributed by atoms with Crippen LogP contribution in [-0.2, 0) is 0 Å². The fourth-order valence-electron chi connectivity index (χ4n) is 1.73. The molecular weight excluding hydrogens is 198 g/mol. The van der Waals surface area contributed by atoms with E-state index in [1.807, 2.05) is 36.9 Å². The molecule has 0 spiro atoms. The molecule has 0 bridgehead atoms.